The first kappa shape index (κ1) is 22.8. The number of rotatable bonds is 8. The van der Waals surface area contributed by atoms with Gasteiger partial charge in [0.15, 0.2) is 5.82 Å². The number of nitrogens with zero attached hydrogens (tertiary/aromatic N) is 3. The van der Waals surface area contributed by atoms with Gasteiger partial charge in [0.25, 0.3) is 5.88 Å². The van der Waals surface area contributed by atoms with Crippen molar-refractivity contribution in [3.63, 3.8) is 0 Å². The van der Waals surface area contributed by atoms with Gasteiger partial charge < -0.3 is 15.0 Å². The number of amides is 1. The normalized spacial score (nSPS) is 16.8. The van der Waals surface area contributed by atoms with Crippen molar-refractivity contribution >= 4 is 11.7 Å². The molecule has 0 aliphatic carbocycles. The molecule has 1 N–H and O–H groups in total. The van der Waals surface area contributed by atoms with E-state index in [1.807, 2.05) is 37.3 Å². The van der Waals surface area contributed by atoms with Crippen LogP contribution < -0.4 is 15.0 Å². The molecule has 6 nitrogen and oxygen atoms in total. The van der Waals surface area contributed by atoms with Crippen LogP contribution in [0.15, 0.2) is 67.0 Å². The summed E-state index contributed by atoms with van der Waals surface area (Å²) < 4.78 is 6.04. The van der Waals surface area contributed by atoms with E-state index in [2.05, 4.69) is 51.4 Å². The molecule has 0 radical (unpaired) electrons. The Morgan fingerprint density at radius 3 is 2.67 bits per heavy atom. The molecular formula is C27H32N4O2. The minimum atomic E-state index is -0.0767. The van der Waals surface area contributed by atoms with Crippen LogP contribution in [0.2, 0.25) is 0 Å². The molecular weight excluding hydrogens is 412 g/mol. The Balaban J connectivity index is 1.36. The van der Waals surface area contributed by atoms with E-state index in [1.54, 1.807) is 12.4 Å². The maximum absolute atomic E-state index is 13.0. The van der Waals surface area contributed by atoms with Gasteiger partial charge in [-0.2, -0.15) is 0 Å². The molecule has 2 aromatic carbocycles. The van der Waals surface area contributed by atoms with Gasteiger partial charge >= 0.3 is 0 Å². The molecule has 3 aromatic rings. The Morgan fingerprint density at radius 2 is 1.88 bits per heavy atom. The first-order valence-corrected chi connectivity index (χ1v) is 11.7. The molecule has 1 fully saturated rings. The minimum Gasteiger partial charge on any atom is -0.436 e. The summed E-state index contributed by atoms with van der Waals surface area (Å²) in [5.41, 5.74) is 2.47. The highest BCUT2D eigenvalue weighted by atomic mass is 16.5. The molecule has 1 saturated heterocycles. The fraction of sp³-hybridized carbons (Fsp3) is 0.370. The van der Waals surface area contributed by atoms with E-state index in [1.165, 1.54) is 11.1 Å². The Hall–Kier alpha value is -3.41. The van der Waals surface area contributed by atoms with Crippen molar-refractivity contribution in [2.75, 3.05) is 18.0 Å². The van der Waals surface area contributed by atoms with E-state index in [0.29, 0.717) is 18.2 Å². The van der Waals surface area contributed by atoms with Crippen LogP contribution in [0.1, 0.15) is 37.3 Å². The van der Waals surface area contributed by atoms with Crippen molar-refractivity contribution in [3.8, 4) is 11.6 Å². The van der Waals surface area contributed by atoms with Crippen LogP contribution in [0.5, 0.6) is 11.6 Å². The van der Waals surface area contributed by atoms with Gasteiger partial charge in [-0.1, -0.05) is 48.0 Å². The van der Waals surface area contributed by atoms with Gasteiger partial charge in [-0.15, -0.1) is 0 Å². The number of piperidine rings is 1. The number of carbonyl (C=O) groups is 1. The van der Waals surface area contributed by atoms with Crippen molar-refractivity contribution < 1.29 is 9.53 Å². The molecule has 2 heterocycles. The first-order valence-electron chi connectivity index (χ1n) is 11.7. The van der Waals surface area contributed by atoms with Crippen molar-refractivity contribution in [1.82, 2.24) is 15.3 Å². The maximum Gasteiger partial charge on any atom is 0.263 e. The van der Waals surface area contributed by atoms with Crippen molar-refractivity contribution in [3.05, 3.63) is 78.1 Å². The molecule has 0 saturated carbocycles. The third-order valence-corrected chi connectivity index (χ3v) is 6.07. The van der Waals surface area contributed by atoms with Crippen molar-refractivity contribution in [2.45, 2.75) is 45.6 Å². The number of hydrogen-bond donors (Lipinski definition) is 1. The van der Waals surface area contributed by atoms with E-state index >= 15 is 0 Å². The minimum absolute atomic E-state index is 0.0767. The summed E-state index contributed by atoms with van der Waals surface area (Å²) in [6.07, 6.45) is 6.99. The van der Waals surface area contributed by atoms with Gasteiger partial charge in [-0.3, -0.25) is 4.79 Å². The highest BCUT2D eigenvalue weighted by Crippen LogP contribution is 2.31. The number of aromatic nitrogens is 2. The summed E-state index contributed by atoms with van der Waals surface area (Å²) in [7, 11) is 0. The van der Waals surface area contributed by atoms with E-state index in [4.69, 9.17) is 4.74 Å². The predicted molar refractivity (Wildman–Crippen MR) is 131 cm³/mol. The Labute approximate surface area is 196 Å². The average Bonchev–Trinajstić information content (AvgIpc) is 2.85. The quantitative estimate of drug-likeness (QED) is 0.534. The van der Waals surface area contributed by atoms with Crippen molar-refractivity contribution in [1.29, 1.82) is 0 Å². The number of carbonyl (C=O) groups excluding carboxylic acids is 1. The molecule has 33 heavy (non-hydrogen) atoms. The summed E-state index contributed by atoms with van der Waals surface area (Å²) in [5.74, 6) is 1.92. The molecule has 0 unspecified atom stereocenters. The molecule has 4 rings (SSSR count). The number of ether oxygens (including phenoxy) is 1. The molecule has 0 bridgehead atoms. The summed E-state index contributed by atoms with van der Waals surface area (Å²) in [4.78, 5) is 24.1. The number of hydrogen-bond acceptors (Lipinski definition) is 5. The zero-order chi connectivity index (χ0) is 23.0. The number of nitrogens with one attached hydrogen (secondary N) is 1. The van der Waals surface area contributed by atoms with Gasteiger partial charge in [0.2, 0.25) is 5.91 Å². The molecule has 1 aromatic heterocycles. The van der Waals surface area contributed by atoms with E-state index in [-0.39, 0.29) is 17.9 Å². The second kappa shape index (κ2) is 10.9. The second-order valence-electron chi connectivity index (χ2n) is 8.82. The first-order chi connectivity index (χ1) is 16.1. The van der Waals surface area contributed by atoms with Crippen LogP contribution in [0.4, 0.5) is 5.82 Å². The molecule has 1 aliphatic rings. The van der Waals surface area contributed by atoms with Crippen LogP contribution in [0.25, 0.3) is 0 Å². The third-order valence-electron chi connectivity index (χ3n) is 6.07. The van der Waals surface area contributed by atoms with E-state index in [0.717, 1.165) is 38.0 Å². The zero-order valence-electron chi connectivity index (χ0n) is 19.4. The topological polar surface area (TPSA) is 67.4 Å². The lowest BCUT2D eigenvalue weighted by atomic mass is 9.96. The van der Waals surface area contributed by atoms with Crippen LogP contribution in [-0.4, -0.2) is 35.0 Å². The summed E-state index contributed by atoms with van der Waals surface area (Å²) in [6.45, 7) is 5.56. The van der Waals surface area contributed by atoms with Gasteiger partial charge in [0, 0.05) is 31.5 Å². The summed E-state index contributed by atoms with van der Waals surface area (Å²) in [6, 6.07) is 18.4. The Morgan fingerprint density at radius 1 is 1.12 bits per heavy atom. The maximum atomic E-state index is 13.0. The third kappa shape index (κ3) is 6.31. The fourth-order valence-corrected chi connectivity index (χ4v) is 4.17. The predicted octanol–water partition coefficient (Wildman–Crippen LogP) is 4.93. The standard InChI is InChI=1S/C27H32N4O2/c1-20-10-14-24(15-11-20)33-27-25(28-16-17-29-27)31-18-6-9-23(19-31)26(32)30-21(2)12-13-22-7-4-3-5-8-22/h3-5,7-8,10-11,14-17,21,23H,6,9,12-13,18-19H2,1-2H3,(H,30,32)/t21-,23+/m1/s1. The second-order valence-corrected chi connectivity index (χ2v) is 8.82. The largest absolute Gasteiger partial charge is 0.436 e. The molecule has 172 valence electrons. The molecule has 0 spiro atoms. The highest BCUT2D eigenvalue weighted by molar-refractivity contribution is 5.80. The van der Waals surface area contributed by atoms with Crippen LogP contribution in [-0.2, 0) is 11.2 Å². The summed E-state index contributed by atoms with van der Waals surface area (Å²) >= 11 is 0. The Bertz CT molecular complexity index is 1040. The monoisotopic (exact) mass is 444 g/mol. The number of benzene rings is 2. The fourth-order valence-electron chi connectivity index (χ4n) is 4.17. The van der Waals surface area contributed by atoms with Crippen LogP contribution in [0.3, 0.4) is 0 Å². The zero-order valence-corrected chi connectivity index (χ0v) is 19.4. The van der Waals surface area contributed by atoms with Crippen LogP contribution in [0, 0.1) is 12.8 Å². The summed E-state index contributed by atoms with van der Waals surface area (Å²) in [5, 5.41) is 3.22. The molecule has 2 atom stereocenters. The number of aryl methyl sites for hydroxylation is 2. The molecule has 6 heteroatoms. The lowest BCUT2D eigenvalue weighted by Crippen LogP contribution is -2.45. The van der Waals surface area contributed by atoms with Gasteiger partial charge in [0.05, 0.1) is 5.92 Å². The van der Waals surface area contributed by atoms with Gasteiger partial charge in [-0.25, -0.2) is 9.97 Å². The average molecular weight is 445 g/mol. The molecule has 1 aliphatic heterocycles. The van der Waals surface area contributed by atoms with E-state index < -0.39 is 0 Å². The lowest BCUT2D eigenvalue weighted by Gasteiger charge is -2.33. The number of anilines is 1. The lowest BCUT2D eigenvalue weighted by molar-refractivity contribution is -0.125. The van der Waals surface area contributed by atoms with Gasteiger partial charge in [-0.05, 0) is 57.2 Å². The van der Waals surface area contributed by atoms with Crippen molar-refractivity contribution in [2.24, 2.45) is 5.92 Å². The Kier molecular flexibility index (Phi) is 7.55. The SMILES string of the molecule is Cc1ccc(Oc2nccnc2N2CCC[C@H](C(=O)N[C@H](C)CCc3ccccc3)C2)cc1. The van der Waals surface area contributed by atoms with Crippen LogP contribution >= 0.6 is 0 Å². The van der Waals surface area contributed by atoms with Gasteiger partial charge in [0.1, 0.15) is 5.75 Å². The highest BCUT2D eigenvalue weighted by Gasteiger charge is 2.29. The molecule has 1 amide bonds. The smallest absolute Gasteiger partial charge is 0.263 e. The van der Waals surface area contributed by atoms with E-state index in [9.17, 15) is 4.79 Å².